The van der Waals surface area contributed by atoms with Crippen molar-refractivity contribution in [3.8, 4) is 11.5 Å². The first-order valence-corrected chi connectivity index (χ1v) is 19.7. The molecule has 0 aromatic heterocycles. The van der Waals surface area contributed by atoms with E-state index < -0.39 is 0 Å². The zero-order valence-electron chi connectivity index (χ0n) is 18.4. The zero-order valence-corrected chi connectivity index (χ0v) is 24.2. The second kappa shape index (κ2) is 15.7. The van der Waals surface area contributed by atoms with Crippen molar-refractivity contribution in [2.24, 2.45) is 0 Å². The van der Waals surface area contributed by atoms with Crippen molar-refractivity contribution in [2.75, 3.05) is 33.0 Å². The van der Waals surface area contributed by atoms with Crippen LogP contribution in [0.15, 0.2) is 79.4 Å². The third-order valence-electron chi connectivity index (χ3n) is 4.69. The Balaban J connectivity index is 0.00000103. The Bertz CT molecular complexity index is 890. The number of rotatable bonds is 11. The van der Waals surface area contributed by atoms with Crippen molar-refractivity contribution in [2.45, 2.75) is 6.61 Å². The molecule has 7 nitrogen and oxygen atoms in total. The molecule has 2 heterocycles. The van der Waals surface area contributed by atoms with Crippen molar-refractivity contribution in [1.29, 1.82) is 0 Å². The Labute approximate surface area is 231 Å². The van der Waals surface area contributed by atoms with Crippen LogP contribution in [0.5, 0.6) is 11.5 Å². The van der Waals surface area contributed by atoms with Crippen LogP contribution in [-0.4, -0.2) is 57.7 Å². The van der Waals surface area contributed by atoms with Gasteiger partial charge in [-0.25, -0.2) is 0 Å². The van der Waals surface area contributed by atoms with Crippen molar-refractivity contribution < 1.29 is 25.3 Å². The fourth-order valence-corrected chi connectivity index (χ4v) is 3.10. The number of aliphatic hydroxyl groups is 1. The Hall–Kier alpha value is -1.20. The molecule has 0 unspecified atom stereocenters. The minimum atomic E-state index is 0.101. The molecule has 1 N–H and O–H groups in total. The van der Waals surface area contributed by atoms with Crippen LogP contribution in [-0.2, 0) is 17.4 Å². The number of benzene rings is 2. The molecule has 4 radical (unpaired) electrons. The van der Waals surface area contributed by atoms with E-state index in [4.69, 9.17) is 14.6 Å². The molecule has 0 saturated carbocycles. The van der Waals surface area contributed by atoms with E-state index in [1.807, 2.05) is 99.0 Å². The quantitative estimate of drug-likeness (QED) is 0.266. The summed E-state index contributed by atoms with van der Waals surface area (Å²) < 4.78 is 11.6. The van der Waals surface area contributed by atoms with E-state index in [0.717, 1.165) is 27.8 Å². The van der Waals surface area contributed by atoms with Crippen LogP contribution in [0.4, 0.5) is 0 Å². The number of nitrogens with zero attached hydrogens (tertiary/aromatic N) is 4. The Morgan fingerprint density at radius 1 is 0.735 bits per heavy atom. The molecule has 0 atom stereocenters. The summed E-state index contributed by atoms with van der Waals surface area (Å²) in [6.45, 7) is 9.45. The molecule has 0 spiro atoms. The molecular weight excluding hydrogens is 753 g/mol. The first kappa shape index (κ1) is 27.4. The maximum atomic E-state index is 8.98. The summed E-state index contributed by atoms with van der Waals surface area (Å²) in [5.41, 5.74) is 1.14. The second-order valence-corrected chi connectivity index (χ2v) is 19.1. The predicted octanol–water partition coefficient (Wildman–Crippen LogP) is 4.53. The van der Waals surface area contributed by atoms with Gasteiger partial charge in [-0.2, -0.15) is 0 Å². The first-order valence-electron chi connectivity index (χ1n) is 10.5. The Morgan fingerprint density at radius 3 is 1.85 bits per heavy atom. The van der Waals surface area contributed by atoms with Gasteiger partial charge in [0.1, 0.15) is 24.7 Å². The van der Waals surface area contributed by atoms with Crippen LogP contribution < -0.4 is 9.47 Å². The normalized spacial score (nSPS) is 14.6. The van der Waals surface area contributed by atoms with Gasteiger partial charge in [0, 0.05) is 31.3 Å². The van der Waals surface area contributed by atoms with Crippen molar-refractivity contribution in [3.63, 3.8) is 0 Å². The number of ether oxygens (including phenoxy) is 2. The molecule has 34 heavy (non-hydrogen) atoms. The van der Waals surface area contributed by atoms with E-state index in [1.54, 1.807) is 0 Å². The first-order chi connectivity index (χ1) is 16.7. The van der Waals surface area contributed by atoms with Gasteiger partial charge in [0.25, 0.3) is 0 Å². The van der Waals surface area contributed by atoms with E-state index in [2.05, 4.69) is 52.4 Å². The van der Waals surface area contributed by atoms with Gasteiger partial charge in [-0.3, -0.25) is 0 Å². The molecule has 0 fully saturated rings. The molecule has 0 amide bonds. The minimum absolute atomic E-state index is 0.101. The standard InChI is InChI=1S/C24H26N4O3.2HI.Pd/c29-16-14-25-10-12-27(19-25)21-28-13-11-26(20-28)15-17-30-23-6-8-24(9-7-23)31-18-22-4-2-1-3-5-22;;;/h1-13,29H,14-18,21H2;2*1H;/q;;;+2/p-2. The van der Waals surface area contributed by atoms with E-state index in [0.29, 0.717) is 33.0 Å². The molecule has 2 aromatic rings. The van der Waals surface area contributed by atoms with Gasteiger partial charge in [-0.05, 0) is 29.8 Å². The van der Waals surface area contributed by atoms with Gasteiger partial charge >= 0.3 is 49.8 Å². The Kier molecular flexibility index (Phi) is 12.7. The SMILES string of the molecule is OCCN1[C]N(CN2[C]N(CCOc3ccc(OCc4ccccc4)cc3)C=C2)C=C1.[I][Pd][I]. The topological polar surface area (TPSA) is 51.7 Å². The number of β-amino-alcohol motifs (C(OH)–C–C–N with tert-alkyl or cyclic N) is 1. The van der Waals surface area contributed by atoms with E-state index in [9.17, 15) is 0 Å². The third kappa shape index (κ3) is 9.81. The van der Waals surface area contributed by atoms with Gasteiger partial charge in [-0.1, -0.05) is 30.3 Å². The number of aliphatic hydroxyl groups excluding tert-OH is 1. The van der Waals surface area contributed by atoms with E-state index in [1.165, 1.54) is 0 Å². The molecule has 4 rings (SSSR count). The molecule has 2 aromatic carbocycles. The molecule has 0 bridgehead atoms. The van der Waals surface area contributed by atoms with Gasteiger partial charge in [0.15, 0.2) is 0 Å². The number of halogens is 2. The van der Waals surface area contributed by atoms with E-state index in [-0.39, 0.29) is 6.61 Å². The summed E-state index contributed by atoms with van der Waals surface area (Å²) in [4.78, 5) is 7.64. The van der Waals surface area contributed by atoms with Crippen LogP contribution in [0, 0.1) is 13.3 Å². The summed E-state index contributed by atoms with van der Waals surface area (Å²) in [5.74, 6) is 1.63. The average molecular weight is 779 g/mol. The zero-order chi connectivity index (χ0) is 24.0. The molecule has 0 aliphatic carbocycles. The van der Waals surface area contributed by atoms with Crippen LogP contribution in [0.25, 0.3) is 0 Å². The van der Waals surface area contributed by atoms with Crippen LogP contribution in [0.2, 0.25) is 0 Å². The molecule has 2 aliphatic rings. The molecular formula is C24H26I2N4O3Pd. The molecule has 10 heteroatoms. The number of hydrogen-bond acceptors (Lipinski definition) is 7. The van der Waals surface area contributed by atoms with Crippen LogP contribution >= 0.6 is 39.0 Å². The maximum absolute atomic E-state index is 8.98. The molecule has 0 saturated heterocycles. The summed E-state index contributed by atoms with van der Waals surface area (Å²) in [5, 5.41) is 8.98. The number of hydrogen-bond donors (Lipinski definition) is 1. The summed E-state index contributed by atoms with van der Waals surface area (Å²) >= 11 is 4.65. The second-order valence-electron chi connectivity index (χ2n) is 7.13. The van der Waals surface area contributed by atoms with Gasteiger partial charge in [-0.15, -0.1) is 0 Å². The van der Waals surface area contributed by atoms with Crippen LogP contribution in [0.3, 0.4) is 0 Å². The molecule has 184 valence electrons. The van der Waals surface area contributed by atoms with Crippen LogP contribution in [0.1, 0.15) is 5.56 Å². The van der Waals surface area contributed by atoms with Crippen molar-refractivity contribution in [1.82, 2.24) is 19.6 Å². The monoisotopic (exact) mass is 778 g/mol. The summed E-state index contributed by atoms with van der Waals surface area (Å²) in [6.07, 6.45) is 7.74. The fourth-order valence-electron chi connectivity index (χ4n) is 3.10. The predicted molar refractivity (Wildman–Crippen MR) is 145 cm³/mol. The molecule has 2 aliphatic heterocycles. The van der Waals surface area contributed by atoms with Gasteiger partial charge < -0.3 is 34.2 Å². The van der Waals surface area contributed by atoms with Crippen molar-refractivity contribution in [3.05, 3.63) is 98.3 Å². The summed E-state index contributed by atoms with van der Waals surface area (Å²) in [6, 6.07) is 17.8. The van der Waals surface area contributed by atoms with Crippen molar-refractivity contribution >= 4 is 39.0 Å². The average Bonchev–Trinajstić information content (AvgIpc) is 3.49. The van der Waals surface area contributed by atoms with Gasteiger partial charge in [0.2, 0.25) is 13.3 Å². The van der Waals surface area contributed by atoms with Gasteiger partial charge in [0.05, 0.1) is 19.8 Å². The Morgan fingerprint density at radius 2 is 1.26 bits per heavy atom. The summed E-state index contributed by atoms with van der Waals surface area (Å²) in [7, 11) is 0.890. The fraction of sp³-hybridized carbons (Fsp3) is 0.250. The third-order valence-corrected chi connectivity index (χ3v) is 4.69. The van der Waals surface area contributed by atoms with E-state index >= 15 is 0 Å².